The van der Waals surface area contributed by atoms with Crippen molar-refractivity contribution in [1.82, 2.24) is 0 Å². The van der Waals surface area contributed by atoms with Crippen LogP contribution in [0, 0.1) is 18.8 Å². The SMILES string of the molecule is CCc1cc(NCC2CCCC(C)C2)ccc1C. The molecule has 1 aliphatic carbocycles. The molecule has 1 heteroatoms. The second-order valence-electron chi connectivity index (χ2n) is 6.01. The van der Waals surface area contributed by atoms with Gasteiger partial charge in [-0.05, 0) is 61.3 Å². The van der Waals surface area contributed by atoms with Gasteiger partial charge in [0, 0.05) is 12.2 Å². The predicted molar refractivity (Wildman–Crippen MR) is 80.2 cm³/mol. The Labute approximate surface area is 112 Å². The highest BCUT2D eigenvalue weighted by Gasteiger charge is 2.18. The first-order valence-corrected chi connectivity index (χ1v) is 7.52. The molecule has 0 heterocycles. The first kappa shape index (κ1) is 13.5. The molecule has 100 valence electrons. The fourth-order valence-electron chi connectivity index (χ4n) is 3.17. The molecule has 1 aliphatic rings. The molecule has 18 heavy (non-hydrogen) atoms. The Balaban J connectivity index is 1.89. The average molecular weight is 245 g/mol. The number of benzene rings is 1. The molecule has 1 nitrogen and oxygen atoms in total. The van der Waals surface area contributed by atoms with E-state index >= 15 is 0 Å². The number of anilines is 1. The molecule has 0 radical (unpaired) electrons. The molecule has 2 rings (SSSR count). The van der Waals surface area contributed by atoms with Gasteiger partial charge in [-0.15, -0.1) is 0 Å². The lowest BCUT2D eigenvalue weighted by Crippen LogP contribution is -2.21. The Morgan fingerprint density at radius 3 is 2.83 bits per heavy atom. The van der Waals surface area contributed by atoms with Crippen molar-refractivity contribution in [2.24, 2.45) is 11.8 Å². The highest BCUT2D eigenvalue weighted by molar-refractivity contribution is 5.48. The van der Waals surface area contributed by atoms with Gasteiger partial charge < -0.3 is 5.32 Å². The number of rotatable bonds is 4. The van der Waals surface area contributed by atoms with E-state index in [-0.39, 0.29) is 0 Å². The van der Waals surface area contributed by atoms with Crippen LogP contribution in [0.1, 0.15) is 50.7 Å². The van der Waals surface area contributed by atoms with Crippen LogP contribution in [0.3, 0.4) is 0 Å². The summed E-state index contributed by atoms with van der Waals surface area (Å²) in [7, 11) is 0. The van der Waals surface area contributed by atoms with Gasteiger partial charge in [0.2, 0.25) is 0 Å². The molecular weight excluding hydrogens is 218 g/mol. The molecule has 0 aliphatic heterocycles. The molecule has 1 aromatic carbocycles. The summed E-state index contributed by atoms with van der Waals surface area (Å²) in [6.07, 6.45) is 6.79. The van der Waals surface area contributed by atoms with E-state index in [1.807, 2.05) is 0 Å². The van der Waals surface area contributed by atoms with Gasteiger partial charge in [-0.1, -0.05) is 32.8 Å². The van der Waals surface area contributed by atoms with E-state index in [0.717, 1.165) is 24.8 Å². The van der Waals surface area contributed by atoms with E-state index in [1.54, 1.807) is 0 Å². The first-order chi connectivity index (χ1) is 8.69. The van der Waals surface area contributed by atoms with Crippen molar-refractivity contribution in [1.29, 1.82) is 0 Å². The zero-order chi connectivity index (χ0) is 13.0. The van der Waals surface area contributed by atoms with Crippen molar-refractivity contribution in [3.63, 3.8) is 0 Å². The molecule has 2 atom stereocenters. The van der Waals surface area contributed by atoms with E-state index in [1.165, 1.54) is 42.5 Å². The van der Waals surface area contributed by atoms with E-state index in [4.69, 9.17) is 0 Å². The summed E-state index contributed by atoms with van der Waals surface area (Å²) < 4.78 is 0. The minimum atomic E-state index is 0.875. The Morgan fingerprint density at radius 2 is 2.11 bits per heavy atom. The van der Waals surface area contributed by atoms with Crippen LogP contribution in [0.4, 0.5) is 5.69 Å². The molecule has 1 saturated carbocycles. The van der Waals surface area contributed by atoms with Crippen molar-refractivity contribution < 1.29 is 0 Å². The van der Waals surface area contributed by atoms with Gasteiger partial charge in [0.15, 0.2) is 0 Å². The summed E-state index contributed by atoms with van der Waals surface area (Å²) in [5, 5.41) is 3.64. The standard InChI is InChI=1S/C17H27N/c1-4-16-11-17(9-8-14(16)3)18-12-15-7-5-6-13(2)10-15/h8-9,11,13,15,18H,4-7,10,12H2,1-3H3. The molecule has 0 amide bonds. The minimum absolute atomic E-state index is 0.875. The average Bonchev–Trinajstić information content (AvgIpc) is 2.38. The van der Waals surface area contributed by atoms with E-state index in [9.17, 15) is 0 Å². The van der Waals surface area contributed by atoms with Crippen LogP contribution in [-0.2, 0) is 6.42 Å². The third kappa shape index (κ3) is 3.51. The van der Waals surface area contributed by atoms with Crippen molar-refractivity contribution in [2.75, 3.05) is 11.9 Å². The van der Waals surface area contributed by atoms with Crippen molar-refractivity contribution in [3.8, 4) is 0 Å². The fraction of sp³-hybridized carbons (Fsp3) is 0.647. The zero-order valence-electron chi connectivity index (χ0n) is 12.1. The van der Waals surface area contributed by atoms with Crippen LogP contribution < -0.4 is 5.32 Å². The number of hydrogen-bond acceptors (Lipinski definition) is 1. The zero-order valence-corrected chi connectivity index (χ0v) is 12.1. The van der Waals surface area contributed by atoms with Crippen LogP contribution in [0.15, 0.2) is 18.2 Å². The van der Waals surface area contributed by atoms with Gasteiger partial charge >= 0.3 is 0 Å². The van der Waals surface area contributed by atoms with Gasteiger partial charge in [0.05, 0.1) is 0 Å². The molecule has 0 spiro atoms. The maximum Gasteiger partial charge on any atom is 0.0343 e. The van der Waals surface area contributed by atoms with Gasteiger partial charge in [0.1, 0.15) is 0 Å². The maximum absolute atomic E-state index is 3.64. The number of hydrogen-bond donors (Lipinski definition) is 1. The molecule has 0 bridgehead atoms. The summed E-state index contributed by atoms with van der Waals surface area (Å²) in [5.41, 5.74) is 4.18. The van der Waals surface area contributed by atoms with Gasteiger partial charge in [-0.2, -0.15) is 0 Å². The van der Waals surface area contributed by atoms with Crippen molar-refractivity contribution >= 4 is 5.69 Å². The highest BCUT2D eigenvalue weighted by atomic mass is 14.9. The summed E-state index contributed by atoms with van der Waals surface area (Å²) in [5.74, 6) is 1.80. The largest absolute Gasteiger partial charge is 0.385 e. The predicted octanol–water partition coefficient (Wildman–Crippen LogP) is 4.80. The lowest BCUT2D eigenvalue weighted by atomic mass is 9.82. The Morgan fingerprint density at radius 1 is 1.28 bits per heavy atom. The summed E-state index contributed by atoms with van der Waals surface area (Å²) in [6.45, 7) is 7.98. The van der Waals surface area contributed by atoms with Crippen LogP contribution in [0.5, 0.6) is 0 Å². The van der Waals surface area contributed by atoms with Gasteiger partial charge in [0.25, 0.3) is 0 Å². The second kappa shape index (κ2) is 6.26. The Kier molecular flexibility index (Phi) is 4.68. The third-order valence-electron chi connectivity index (χ3n) is 4.37. The van der Waals surface area contributed by atoms with Gasteiger partial charge in [-0.3, -0.25) is 0 Å². The van der Waals surface area contributed by atoms with E-state index in [2.05, 4.69) is 44.3 Å². The molecule has 0 saturated heterocycles. The van der Waals surface area contributed by atoms with Crippen LogP contribution in [0.2, 0.25) is 0 Å². The normalized spacial score (nSPS) is 23.9. The van der Waals surface area contributed by atoms with E-state index in [0.29, 0.717) is 0 Å². The minimum Gasteiger partial charge on any atom is -0.385 e. The van der Waals surface area contributed by atoms with Crippen LogP contribution >= 0.6 is 0 Å². The molecule has 1 aromatic rings. The van der Waals surface area contributed by atoms with Crippen LogP contribution in [-0.4, -0.2) is 6.54 Å². The summed E-state index contributed by atoms with van der Waals surface area (Å²) >= 11 is 0. The molecule has 0 aromatic heterocycles. The Hall–Kier alpha value is -0.980. The quantitative estimate of drug-likeness (QED) is 0.803. The number of nitrogens with one attached hydrogen (secondary N) is 1. The van der Waals surface area contributed by atoms with E-state index < -0.39 is 0 Å². The monoisotopic (exact) mass is 245 g/mol. The van der Waals surface area contributed by atoms with Crippen LogP contribution in [0.25, 0.3) is 0 Å². The van der Waals surface area contributed by atoms with Crippen molar-refractivity contribution in [3.05, 3.63) is 29.3 Å². The van der Waals surface area contributed by atoms with Crippen molar-refractivity contribution in [2.45, 2.75) is 52.9 Å². The maximum atomic E-state index is 3.64. The van der Waals surface area contributed by atoms with Gasteiger partial charge in [-0.25, -0.2) is 0 Å². The fourth-order valence-corrected chi connectivity index (χ4v) is 3.17. The smallest absolute Gasteiger partial charge is 0.0343 e. The molecule has 1 N–H and O–H groups in total. The number of aryl methyl sites for hydroxylation is 2. The summed E-state index contributed by atoms with van der Waals surface area (Å²) in [6, 6.07) is 6.78. The molecule has 2 unspecified atom stereocenters. The Bertz CT molecular complexity index is 383. The summed E-state index contributed by atoms with van der Waals surface area (Å²) in [4.78, 5) is 0. The lowest BCUT2D eigenvalue weighted by molar-refractivity contribution is 0.293. The first-order valence-electron chi connectivity index (χ1n) is 7.52. The molecule has 1 fully saturated rings. The second-order valence-corrected chi connectivity index (χ2v) is 6.01. The lowest BCUT2D eigenvalue weighted by Gasteiger charge is -2.27. The topological polar surface area (TPSA) is 12.0 Å². The highest BCUT2D eigenvalue weighted by Crippen LogP contribution is 2.28. The molecular formula is C17H27N. The third-order valence-corrected chi connectivity index (χ3v) is 4.37.